The van der Waals surface area contributed by atoms with E-state index in [1.54, 1.807) is 42.3 Å². The van der Waals surface area contributed by atoms with Crippen LogP contribution in [0.1, 0.15) is 34.7 Å². The van der Waals surface area contributed by atoms with Crippen LogP contribution in [-0.2, 0) is 6.18 Å². The van der Waals surface area contributed by atoms with Gasteiger partial charge in [-0.1, -0.05) is 11.2 Å². The highest BCUT2D eigenvalue weighted by Crippen LogP contribution is 2.33. The molecular formula is C24H24F3N3O4. The van der Waals surface area contributed by atoms with Crippen molar-refractivity contribution < 1.29 is 32.3 Å². The number of ether oxygens (including phenoxy) is 1. The average Bonchev–Trinajstić information content (AvgIpc) is 3.29. The molecule has 2 aromatic carbocycles. The smallest absolute Gasteiger partial charge is 0.416 e. The molecule has 1 aromatic heterocycles. The minimum absolute atomic E-state index is 0.0659. The maximum absolute atomic E-state index is 13.5. The predicted molar refractivity (Wildman–Crippen MR) is 119 cm³/mol. The molecule has 1 saturated heterocycles. The fourth-order valence-electron chi connectivity index (χ4n) is 3.95. The molecule has 0 bridgehead atoms. The Morgan fingerprint density at radius 2 is 1.79 bits per heavy atom. The fraction of sp³-hybridized carbons (Fsp3) is 0.333. The van der Waals surface area contributed by atoms with E-state index in [0.29, 0.717) is 48.9 Å². The van der Waals surface area contributed by atoms with Gasteiger partial charge in [-0.2, -0.15) is 13.2 Å². The summed E-state index contributed by atoms with van der Waals surface area (Å²) in [5, 5.41) is 14.2. The summed E-state index contributed by atoms with van der Waals surface area (Å²) in [6.07, 6.45) is -5.47. The number of hydrogen-bond acceptors (Lipinski definition) is 6. The lowest BCUT2D eigenvalue weighted by Crippen LogP contribution is -2.49. The molecule has 7 nitrogen and oxygen atoms in total. The van der Waals surface area contributed by atoms with Gasteiger partial charge in [0.2, 0.25) is 0 Å². The van der Waals surface area contributed by atoms with Crippen molar-refractivity contribution in [2.45, 2.75) is 19.2 Å². The molecule has 1 N–H and O–H groups in total. The first kappa shape index (κ1) is 23.6. The number of aliphatic hydroxyl groups excluding tert-OH is 1. The summed E-state index contributed by atoms with van der Waals surface area (Å²) in [7, 11) is 1.55. The van der Waals surface area contributed by atoms with Crippen molar-refractivity contribution in [3.05, 3.63) is 65.4 Å². The summed E-state index contributed by atoms with van der Waals surface area (Å²) in [6.45, 7) is 2.80. The number of anilines is 1. The van der Waals surface area contributed by atoms with Gasteiger partial charge in [0, 0.05) is 37.4 Å². The number of amides is 1. The van der Waals surface area contributed by atoms with Crippen molar-refractivity contribution in [3.8, 4) is 17.0 Å². The Morgan fingerprint density at radius 3 is 2.38 bits per heavy atom. The predicted octanol–water partition coefficient (Wildman–Crippen LogP) is 4.38. The number of rotatable bonds is 5. The third-order valence-electron chi connectivity index (χ3n) is 5.78. The number of alkyl halides is 3. The number of carbonyl (C=O) groups is 1. The van der Waals surface area contributed by atoms with Gasteiger partial charge < -0.3 is 24.2 Å². The summed E-state index contributed by atoms with van der Waals surface area (Å²) in [5.41, 5.74) is 0.855. The molecule has 1 aliphatic heterocycles. The molecule has 1 atom stereocenters. The number of aliphatic hydroxyl groups is 1. The van der Waals surface area contributed by atoms with Gasteiger partial charge in [0.25, 0.3) is 5.91 Å². The van der Waals surface area contributed by atoms with Crippen LogP contribution in [0.2, 0.25) is 0 Å². The Labute approximate surface area is 194 Å². The maximum Gasteiger partial charge on any atom is 0.416 e. The van der Waals surface area contributed by atoms with E-state index >= 15 is 0 Å². The van der Waals surface area contributed by atoms with Gasteiger partial charge >= 0.3 is 6.18 Å². The lowest BCUT2D eigenvalue weighted by molar-refractivity contribution is -0.137. The largest absolute Gasteiger partial charge is 0.497 e. The van der Waals surface area contributed by atoms with Gasteiger partial charge in [0.05, 0.1) is 12.7 Å². The third kappa shape index (κ3) is 4.72. The molecule has 1 fully saturated rings. The highest BCUT2D eigenvalue weighted by molar-refractivity contribution is 6.01. The van der Waals surface area contributed by atoms with Crippen molar-refractivity contribution >= 4 is 11.6 Å². The monoisotopic (exact) mass is 475 g/mol. The van der Waals surface area contributed by atoms with Crippen LogP contribution in [0, 0.1) is 0 Å². The Bertz CT molecular complexity index is 1150. The molecule has 1 amide bonds. The molecule has 180 valence electrons. The zero-order chi connectivity index (χ0) is 24.5. The average molecular weight is 475 g/mol. The van der Waals surface area contributed by atoms with E-state index in [9.17, 15) is 23.1 Å². The van der Waals surface area contributed by atoms with E-state index in [-0.39, 0.29) is 17.2 Å². The quantitative estimate of drug-likeness (QED) is 0.590. The number of carbonyl (C=O) groups excluding carboxylic acids is 1. The first-order valence-electron chi connectivity index (χ1n) is 10.7. The first-order chi connectivity index (χ1) is 16.2. The highest BCUT2D eigenvalue weighted by atomic mass is 19.4. The molecule has 34 heavy (non-hydrogen) atoms. The van der Waals surface area contributed by atoms with Crippen LogP contribution in [0.3, 0.4) is 0 Å². The minimum Gasteiger partial charge on any atom is -0.497 e. The number of hydrogen-bond donors (Lipinski definition) is 1. The molecule has 0 aliphatic carbocycles. The second-order valence-electron chi connectivity index (χ2n) is 8.00. The number of benzene rings is 2. The van der Waals surface area contributed by atoms with Gasteiger partial charge in [0.1, 0.15) is 23.1 Å². The zero-order valence-corrected chi connectivity index (χ0v) is 18.7. The van der Waals surface area contributed by atoms with Crippen molar-refractivity contribution in [1.29, 1.82) is 0 Å². The van der Waals surface area contributed by atoms with Crippen LogP contribution in [0.5, 0.6) is 5.75 Å². The fourth-order valence-corrected chi connectivity index (χ4v) is 3.95. The van der Waals surface area contributed by atoms with Crippen molar-refractivity contribution in [2.75, 3.05) is 38.2 Å². The van der Waals surface area contributed by atoms with Gasteiger partial charge in [-0.25, -0.2) is 0 Å². The lowest BCUT2D eigenvalue weighted by atomic mass is 10.0. The van der Waals surface area contributed by atoms with Crippen LogP contribution in [0.25, 0.3) is 11.3 Å². The molecule has 2 heterocycles. The van der Waals surface area contributed by atoms with E-state index < -0.39 is 17.8 Å². The molecule has 0 radical (unpaired) electrons. The number of nitrogens with zero attached hydrogens (tertiary/aromatic N) is 3. The van der Waals surface area contributed by atoms with Crippen molar-refractivity contribution in [2.24, 2.45) is 0 Å². The molecule has 4 rings (SSSR count). The zero-order valence-electron chi connectivity index (χ0n) is 18.7. The Hall–Kier alpha value is -3.53. The molecule has 1 aliphatic rings. The summed E-state index contributed by atoms with van der Waals surface area (Å²) in [4.78, 5) is 16.9. The number of halogens is 3. The molecule has 3 aromatic rings. The van der Waals surface area contributed by atoms with Crippen LogP contribution in [0.15, 0.2) is 53.1 Å². The SMILES string of the molecule is COc1ccc(-c2noc([C@H](C)O)c2C(=O)N2CCN(c3cccc(C(F)(F)F)c3)CC2)cc1. The Kier molecular flexibility index (Phi) is 6.52. The molecule has 0 unspecified atom stereocenters. The Balaban J connectivity index is 1.55. The molecule has 10 heteroatoms. The van der Waals surface area contributed by atoms with Gasteiger partial charge in [-0.3, -0.25) is 4.79 Å². The van der Waals surface area contributed by atoms with Crippen LogP contribution in [-0.4, -0.2) is 54.4 Å². The van der Waals surface area contributed by atoms with Gasteiger partial charge in [0.15, 0.2) is 5.76 Å². The maximum atomic E-state index is 13.5. The van der Waals surface area contributed by atoms with Crippen LogP contribution < -0.4 is 9.64 Å². The second-order valence-corrected chi connectivity index (χ2v) is 8.00. The van der Waals surface area contributed by atoms with E-state index in [2.05, 4.69) is 5.16 Å². The Morgan fingerprint density at radius 1 is 1.12 bits per heavy atom. The molecular weight excluding hydrogens is 451 g/mol. The molecule has 0 saturated carbocycles. The summed E-state index contributed by atoms with van der Waals surface area (Å²) < 4.78 is 49.7. The number of methoxy groups -OCH3 is 1. The van der Waals surface area contributed by atoms with Crippen molar-refractivity contribution in [1.82, 2.24) is 10.1 Å². The first-order valence-corrected chi connectivity index (χ1v) is 10.7. The third-order valence-corrected chi connectivity index (χ3v) is 5.78. The standard InChI is InChI=1S/C24H24F3N3O4/c1-15(31)22-20(21(28-34-22)16-6-8-19(33-2)9-7-16)23(32)30-12-10-29(11-13-30)18-5-3-4-17(14-18)24(25,26)27/h3-9,14-15,31H,10-13H2,1-2H3/t15-/m0/s1. The minimum atomic E-state index is -4.42. The number of piperazine rings is 1. The molecule has 0 spiro atoms. The number of aromatic nitrogens is 1. The highest BCUT2D eigenvalue weighted by Gasteiger charge is 2.33. The normalized spacial score (nSPS) is 15.4. The topological polar surface area (TPSA) is 79.0 Å². The summed E-state index contributed by atoms with van der Waals surface area (Å²) in [6, 6.07) is 12.1. The van der Waals surface area contributed by atoms with Gasteiger partial charge in [-0.15, -0.1) is 0 Å². The van der Waals surface area contributed by atoms with Gasteiger partial charge in [-0.05, 0) is 49.4 Å². The van der Waals surface area contributed by atoms with Crippen LogP contribution in [0.4, 0.5) is 18.9 Å². The summed E-state index contributed by atoms with van der Waals surface area (Å²) >= 11 is 0. The van der Waals surface area contributed by atoms with E-state index in [1.165, 1.54) is 13.0 Å². The van der Waals surface area contributed by atoms with E-state index in [1.807, 2.05) is 4.90 Å². The van der Waals surface area contributed by atoms with Crippen molar-refractivity contribution in [3.63, 3.8) is 0 Å². The van der Waals surface area contributed by atoms with E-state index in [4.69, 9.17) is 9.26 Å². The summed E-state index contributed by atoms with van der Waals surface area (Å²) in [5.74, 6) is 0.351. The van der Waals surface area contributed by atoms with E-state index in [0.717, 1.165) is 12.1 Å². The second kappa shape index (κ2) is 9.38. The van der Waals surface area contributed by atoms with Crippen LogP contribution >= 0.6 is 0 Å². The lowest BCUT2D eigenvalue weighted by Gasteiger charge is -2.36.